The lowest BCUT2D eigenvalue weighted by Crippen LogP contribution is -2.50. The van der Waals surface area contributed by atoms with Gasteiger partial charge in [0.2, 0.25) is 0 Å². The number of carbonyl (C=O) groups excluding carboxylic acids is 4. The average molecular weight is 967 g/mol. The lowest BCUT2D eigenvalue weighted by molar-refractivity contribution is -0.138. The van der Waals surface area contributed by atoms with Gasteiger partial charge in [0.1, 0.15) is 31.3 Å². The summed E-state index contributed by atoms with van der Waals surface area (Å²) in [5.41, 5.74) is 3.45. The van der Waals surface area contributed by atoms with Crippen LogP contribution in [0.4, 0.5) is 21.0 Å². The predicted octanol–water partition coefficient (Wildman–Crippen LogP) is 6.45. The zero-order valence-corrected chi connectivity index (χ0v) is 39.2. The van der Waals surface area contributed by atoms with Gasteiger partial charge in [-0.3, -0.25) is 14.4 Å². The molecule has 0 aliphatic carbocycles. The second-order valence-electron chi connectivity index (χ2n) is 16.9. The molecule has 4 heterocycles. The summed E-state index contributed by atoms with van der Waals surface area (Å²) in [4.78, 5) is 70.9. The van der Waals surface area contributed by atoms with Crippen LogP contribution in [0.1, 0.15) is 70.4 Å². The maximum atomic E-state index is 14.4. The average Bonchev–Trinajstić information content (AvgIpc) is 3.95. The van der Waals surface area contributed by atoms with Gasteiger partial charge in [-0.2, -0.15) is 0 Å². The number of fused-ring (bicyclic) bond motifs is 4. The molecule has 3 aromatic rings. The number of aliphatic hydroxyl groups excluding tert-OH is 2. The van der Waals surface area contributed by atoms with Gasteiger partial charge in [0.05, 0.1) is 74.5 Å². The molecule has 19 heteroatoms. The van der Waals surface area contributed by atoms with Gasteiger partial charge in [-0.15, -0.1) is 0 Å². The molecule has 0 spiro atoms. The van der Waals surface area contributed by atoms with Crippen molar-refractivity contribution in [3.05, 3.63) is 114 Å². The van der Waals surface area contributed by atoms with E-state index in [9.17, 15) is 34.2 Å². The minimum absolute atomic E-state index is 0.0669. The molecule has 3 aromatic carbocycles. The Kier molecular flexibility index (Phi) is 16.5. The number of unbranched alkanes of at least 4 members (excludes halogenated alkanes) is 2. The van der Waals surface area contributed by atoms with E-state index >= 15 is 0 Å². The van der Waals surface area contributed by atoms with E-state index in [2.05, 4.69) is 19.7 Å². The number of carboxylic acid groups (broad SMARTS) is 1. The molecule has 70 heavy (non-hydrogen) atoms. The number of carbonyl (C=O) groups is 5. The number of nitrogens with zero attached hydrogens (tertiary/aromatic N) is 4. The molecule has 4 aliphatic rings. The molecule has 0 bridgehead atoms. The highest BCUT2D eigenvalue weighted by Crippen LogP contribution is 2.44. The monoisotopic (exact) mass is 966 g/mol. The molecule has 19 nitrogen and oxygen atoms in total. The predicted molar refractivity (Wildman–Crippen MR) is 255 cm³/mol. The Bertz CT molecular complexity index is 2530. The van der Waals surface area contributed by atoms with Gasteiger partial charge < -0.3 is 58.3 Å². The molecule has 2 unspecified atom stereocenters. The normalized spacial score (nSPS) is 19.2. The van der Waals surface area contributed by atoms with E-state index in [0.717, 1.165) is 26.5 Å². The minimum atomic E-state index is -1.54. The van der Waals surface area contributed by atoms with E-state index in [1.165, 1.54) is 41.2 Å². The Hall–Kier alpha value is -7.35. The SMILES string of the molecule is C=CCOC(=O)N1c2cc(OCCCCCOc3cc4c(cc3C)C(=O)N3CC(=C)C[C@H]3C(O)N4C(=O)OCC=C)c(OC)cc2C(=O)N2C=C(c3ccc(OCCOCCC(=O)O)cc3)C[C@H]2C1O. The molecular weight excluding hydrogens is 909 g/mol. The van der Waals surface area contributed by atoms with Crippen LogP contribution in [0, 0.1) is 6.92 Å². The zero-order chi connectivity index (χ0) is 50.1. The van der Waals surface area contributed by atoms with Gasteiger partial charge >= 0.3 is 18.2 Å². The van der Waals surface area contributed by atoms with Crippen molar-refractivity contribution in [2.75, 3.05) is 69.7 Å². The number of amides is 4. The maximum absolute atomic E-state index is 14.4. The van der Waals surface area contributed by atoms with E-state index in [4.69, 9.17) is 38.3 Å². The van der Waals surface area contributed by atoms with Crippen molar-refractivity contribution in [1.82, 2.24) is 9.80 Å². The molecule has 7 rings (SSSR count). The number of aliphatic hydroxyl groups is 2. The van der Waals surface area contributed by atoms with Crippen molar-refractivity contribution < 1.29 is 72.5 Å². The summed E-state index contributed by atoms with van der Waals surface area (Å²) in [6, 6.07) is 11.7. The van der Waals surface area contributed by atoms with Crippen LogP contribution in [0.2, 0.25) is 0 Å². The van der Waals surface area contributed by atoms with Crippen LogP contribution in [0.15, 0.2) is 92.2 Å². The standard InChI is InChI=1S/C51H58N4O15/c1-6-16-69-50(62)54-38-27-42(32(4)24-36(38)46(58)52-29-31(3)23-40(52)48(54)60)67-18-9-8-10-19-68-44-28-39-37(26-43(44)64-5)47(59)53-30-34(25-41(53)49(61)55(39)51(63)70-17-7-2)33-11-13-35(14-12-33)66-22-21-65-20-15-45(56)57/h6-7,11-14,24,26-28,30,40-41,48-49,60-61H,1-3,8-10,15-23,25,29H2,4-5H3,(H,56,57)/t40-,41-,48?,49?/m0/s1. The third-order valence-corrected chi connectivity index (χ3v) is 12.2. The topological polar surface area (TPSA) is 224 Å². The molecular formula is C51H58N4O15. The van der Waals surface area contributed by atoms with Crippen molar-refractivity contribution in [2.24, 2.45) is 0 Å². The second kappa shape index (κ2) is 22.8. The third kappa shape index (κ3) is 11.1. The third-order valence-electron chi connectivity index (χ3n) is 12.2. The number of benzene rings is 3. The quantitative estimate of drug-likeness (QED) is 0.0771. The number of anilines is 2. The Morgan fingerprint density at radius 3 is 1.97 bits per heavy atom. The van der Waals surface area contributed by atoms with E-state index < -0.39 is 48.6 Å². The Labute approximate surface area is 405 Å². The fourth-order valence-corrected chi connectivity index (χ4v) is 8.73. The summed E-state index contributed by atoms with van der Waals surface area (Å²) in [5.74, 6) is -0.332. The van der Waals surface area contributed by atoms with E-state index in [0.29, 0.717) is 42.7 Å². The molecule has 4 amide bonds. The lowest BCUT2D eigenvalue weighted by atomic mass is 10.0. The number of methoxy groups -OCH3 is 1. The first-order valence-electron chi connectivity index (χ1n) is 22.9. The highest BCUT2D eigenvalue weighted by atomic mass is 16.6. The smallest absolute Gasteiger partial charge is 0.416 e. The van der Waals surface area contributed by atoms with Crippen molar-refractivity contribution in [3.8, 4) is 23.0 Å². The molecule has 0 aromatic heterocycles. The van der Waals surface area contributed by atoms with Crippen LogP contribution in [0.3, 0.4) is 0 Å². The largest absolute Gasteiger partial charge is 0.493 e. The molecule has 0 radical (unpaired) electrons. The van der Waals surface area contributed by atoms with Gasteiger partial charge in [-0.05, 0) is 80.0 Å². The van der Waals surface area contributed by atoms with Crippen LogP contribution in [0.5, 0.6) is 23.0 Å². The van der Waals surface area contributed by atoms with Gasteiger partial charge in [-0.25, -0.2) is 19.4 Å². The number of hydrogen-bond acceptors (Lipinski definition) is 14. The molecule has 3 N–H and O–H groups in total. The number of rotatable bonds is 21. The van der Waals surface area contributed by atoms with Crippen LogP contribution >= 0.6 is 0 Å². The second-order valence-corrected chi connectivity index (χ2v) is 16.9. The first-order valence-corrected chi connectivity index (χ1v) is 22.9. The molecule has 1 fully saturated rings. The van der Waals surface area contributed by atoms with Crippen molar-refractivity contribution in [2.45, 2.75) is 70.0 Å². The first-order chi connectivity index (χ1) is 33.8. The van der Waals surface area contributed by atoms with Crippen LogP contribution in [-0.2, 0) is 19.0 Å². The van der Waals surface area contributed by atoms with E-state index in [-0.39, 0.29) is 106 Å². The lowest BCUT2D eigenvalue weighted by Gasteiger charge is -2.31. The summed E-state index contributed by atoms with van der Waals surface area (Å²) in [6.45, 7) is 14.0. The highest BCUT2D eigenvalue weighted by Gasteiger charge is 2.47. The zero-order valence-electron chi connectivity index (χ0n) is 39.2. The summed E-state index contributed by atoms with van der Waals surface area (Å²) in [5, 5.41) is 32.2. The van der Waals surface area contributed by atoms with Crippen molar-refractivity contribution in [3.63, 3.8) is 0 Å². The fraction of sp³-hybridized carbons (Fsp3) is 0.392. The van der Waals surface area contributed by atoms with Crippen molar-refractivity contribution >= 4 is 46.9 Å². The number of hydrogen-bond donors (Lipinski definition) is 3. The molecule has 4 aliphatic heterocycles. The van der Waals surface area contributed by atoms with Gasteiger partial charge in [-0.1, -0.05) is 49.6 Å². The minimum Gasteiger partial charge on any atom is -0.493 e. The summed E-state index contributed by atoms with van der Waals surface area (Å²) in [7, 11) is 1.43. The van der Waals surface area contributed by atoms with Crippen LogP contribution in [-0.4, -0.2) is 140 Å². The summed E-state index contributed by atoms with van der Waals surface area (Å²) >= 11 is 0. The molecule has 1 saturated heterocycles. The summed E-state index contributed by atoms with van der Waals surface area (Å²) < 4.78 is 39.8. The van der Waals surface area contributed by atoms with Crippen LogP contribution in [0.25, 0.3) is 5.57 Å². The Balaban J connectivity index is 1.00. The summed E-state index contributed by atoms with van der Waals surface area (Å²) in [6.07, 6.45) is 2.02. The maximum Gasteiger partial charge on any atom is 0.416 e. The number of ether oxygens (including phenoxy) is 7. The first kappa shape index (κ1) is 50.5. The number of carboxylic acids is 1. The van der Waals surface area contributed by atoms with Crippen molar-refractivity contribution in [1.29, 1.82) is 0 Å². The number of aliphatic carboxylic acids is 1. The van der Waals surface area contributed by atoms with E-state index in [1.807, 2.05) is 12.1 Å². The molecule has 4 atom stereocenters. The Morgan fingerprint density at radius 2 is 1.34 bits per heavy atom. The van der Waals surface area contributed by atoms with Gasteiger partial charge in [0, 0.05) is 24.9 Å². The molecule has 0 saturated carbocycles. The molecule has 372 valence electrons. The van der Waals surface area contributed by atoms with Gasteiger partial charge in [0.25, 0.3) is 11.8 Å². The van der Waals surface area contributed by atoms with Gasteiger partial charge in [0.15, 0.2) is 24.0 Å². The van der Waals surface area contributed by atoms with Crippen LogP contribution < -0.4 is 28.7 Å². The highest BCUT2D eigenvalue weighted by molar-refractivity contribution is 6.08. The number of aryl methyl sites for hydroxylation is 1. The Morgan fingerprint density at radius 1 is 0.729 bits per heavy atom. The fourth-order valence-electron chi connectivity index (χ4n) is 8.73. The van der Waals surface area contributed by atoms with E-state index in [1.54, 1.807) is 37.4 Å².